The summed E-state index contributed by atoms with van der Waals surface area (Å²) >= 11 is 0. The first-order valence-electron chi connectivity index (χ1n) is 10.3. The monoisotopic (exact) mass is 436 g/mol. The lowest BCUT2D eigenvalue weighted by atomic mass is 10.1. The first kappa shape index (κ1) is 24.3. The summed E-state index contributed by atoms with van der Waals surface area (Å²) in [6, 6.07) is 5.30. The molecule has 9 heteroatoms. The van der Waals surface area contributed by atoms with Crippen molar-refractivity contribution >= 4 is 11.9 Å². The number of halogens is 3. The van der Waals surface area contributed by atoms with Crippen molar-refractivity contribution in [1.82, 2.24) is 21.3 Å². The molecule has 1 aliphatic rings. The summed E-state index contributed by atoms with van der Waals surface area (Å²) in [6.45, 7) is 10.1. The molecule has 31 heavy (non-hydrogen) atoms. The van der Waals surface area contributed by atoms with Gasteiger partial charge in [0.25, 0.3) is 0 Å². The summed E-state index contributed by atoms with van der Waals surface area (Å²) in [4.78, 5) is 4.55. The van der Waals surface area contributed by atoms with Crippen molar-refractivity contribution < 1.29 is 13.2 Å². The predicted molar refractivity (Wildman–Crippen MR) is 120 cm³/mol. The Morgan fingerprint density at radius 1 is 1.32 bits per heavy atom. The molecule has 170 valence electrons. The average molecular weight is 437 g/mol. The maximum absolute atomic E-state index is 13.1. The van der Waals surface area contributed by atoms with Gasteiger partial charge in [-0.15, -0.1) is 5.53 Å². The van der Waals surface area contributed by atoms with E-state index in [4.69, 9.17) is 0 Å². The van der Waals surface area contributed by atoms with Gasteiger partial charge in [0.15, 0.2) is 0 Å². The Morgan fingerprint density at radius 3 is 2.74 bits per heavy atom. The fourth-order valence-corrected chi connectivity index (χ4v) is 2.82. The predicted octanol–water partition coefficient (Wildman–Crippen LogP) is 4.90. The number of aliphatic imine (C=N–C) groups is 1. The number of benzene rings is 1. The van der Waals surface area contributed by atoms with Crippen LogP contribution in [0, 0.1) is 0 Å². The normalized spacial score (nSPS) is 15.6. The van der Waals surface area contributed by atoms with E-state index in [1.165, 1.54) is 12.1 Å². The Kier molecular flexibility index (Phi) is 8.99. The molecule has 0 spiro atoms. The molecule has 1 unspecified atom stereocenters. The summed E-state index contributed by atoms with van der Waals surface area (Å²) in [5.74, 6) is 0.270. The van der Waals surface area contributed by atoms with Crippen molar-refractivity contribution in [3.05, 3.63) is 65.8 Å². The fraction of sp³-hybridized carbons (Fsp3) is 0.409. The van der Waals surface area contributed by atoms with E-state index in [0.717, 1.165) is 36.6 Å². The van der Waals surface area contributed by atoms with Crippen molar-refractivity contribution in [2.24, 2.45) is 4.99 Å². The zero-order valence-electron chi connectivity index (χ0n) is 18.2. The molecule has 0 bridgehead atoms. The molecular formula is C22H31F3N6. The highest BCUT2D eigenvalue weighted by Gasteiger charge is 2.33. The minimum Gasteiger partial charge on any atom is -0.368 e. The number of rotatable bonds is 11. The number of nitrogens with zero attached hydrogens (tertiary/aromatic N) is 2. The van der Waals surface area contributed by atoms with E-state index in [0.29, 0.717) is 6.54 Å². The topological polar surface area (TPSA) is 63.7 Å². The Morgan fingerprint density at radius 2 is 2.06 bits per heavy atom. The van der Waals surface area contributed by atoms with Gasteiger partial charge in [0.1, 0.15) is 6.17 Å². The zero-order valence-corrected chi connectivity index (χ0v) is 18.2. The zero-order chi connectivity index (χ0) is 22.9. The Labute approximate surface area is 181 Å². The van der Waals surface area contributed by atoms with Crippen LogP contribution in [-0.2, 0) is 6.18 Å². The number of alkyl halides is 3. The highest BCUT2D eigenvalue weighted by atomic mass is 19.4. The average Bonchev–Trinajstić information content (AvgIpc) is 3.21. The summed E-state index contributed by atoms with van der Waals surface area (Å²) < 4.78 is 39.4. The van der Waals surface area contributed by atoms with Gasteiger partial charge in [-0.25, -0.2) is 0 Å². The number of nitrogens with one attached hydrogen (secondary N) is 4. The maximum atomic E-state index is 13.1. The molecular weight excluding hydrogens is 405 g/mol. The van der Waals surface area contributed by atoms with Gasteiger partial charge in [0.2, 0.25) is 0 Å². The van der Waals surface area contributed by atoms with Gasteiger partial charge in [-0.2, -0.15) is 13.2 Å². The second-order valence-corrected chi connectivity index (χ2v) is 7.18. The number of anilines is 1. The van der Waals surface area contributed by atoms with Crippen LogP contribution in [0.2, 0.25) is 0 Å². The smallest absolute Gasteiger partial charge is 0.368 e. The van der Waals surface area contributed by atoms with Crippen LogP contribution in [0.4, 0.5) is 18.9 Å². The molecule has 4 N–H and O–H groups in total. The molecule has 0 fully saturated rings. The van der Waals surface area contributed by atoms with Gasteiger partial charge >= 0.3 is 6.18 Å². The third-order valence-electron chi connectivity index (χ3n) is 4.69. The van der Waals surface area contributed by atoms with Gasteiger partial charge in [-0.1, -0.05) is 38.1 Å². The molecule has 0 saturated heterocycles. The van der Waals surface area contributed by atoms with Crippen LogP contribution in [0.1, 0.15) is 45.6 Å². The van der Waals surface area contributed by atoms with Crippen LogP contribution >= 0.6 is 0 Å². The lowest BCUT2D eigenvalue weighted by Crippen LogP contribution is -2.41. The first-order valence-corrected chi connectivity index (χ1v) is 10.3. The Bertz CT molecular complexity index is 829. The molecule has 1 heterocycles. The summed E-state index contributed by atoms with van der Waals surface area (Å²) in [5.41, 5.74) is 7.43. The van der Waals surface area contributed by atoms with Gasteiger partial charge in [0.05, 0.1) is 17.1 Å². The fourth-order valence-electron chi connectivity index (χ4n) is 2.82. The van der Waals surface area contributed by atoms with Gasteiger partial charge in [0, 0.05) is 24.7 Å². The lowest BCUT2D eigenvalue weighted by Gasteiger charge is -2.20. The highest BCUT2D eigenvalue weighted by Crippen LogP contribution is 2.34. The van der Waals surface area contributed by atoms with Crippen molar-refractivity contribution in [2.75, 3.05) is 11.9 Å². The SMILES string of the molecule is C=C(NCC(/C=N\C(C)N1C=C(CCCC)NN1)=C/C)Nc1ccccc1C(F)(F)F. The van der Waals surface area contributed by atoms with E-state index in [1.807, 2.05) is 31.1 Å². The quantitative estimate of drug-likeness (QED) is 0.372. The molecule has 1 atom stereocenters. The van der Waals surface area contributed by atoms with Crippen LogP contribution in [0.15, 0.2) is 65.2 Å². The van der Waals surface area contributed by atoms with Crippen molar-refractivity contribution in [1.29, 1.82) is 0 Å². The molecule has 0 amide bonds. The standard InChI is InChI=1S/C22H31F3N6/c1-5-7-10-19-15-31(30-29-19)17(4)27-14-18(6-2)13-26-16(3)28-21-12-9-8-11-20(21)22(23,24)25/h6,8-9,11-12,14-15,17,26,28-30H,3,5,7,10,13H2,1-2,4H3/b18-6-,27-14-. The second kappa shape index (κ2) is 11.5. The third kappa shape index (κ3) is 7.67. The molecule has 1 aromatic carbocycles. The number of allylic oxidation sites excluding steroid dienone is 2. The molecule has 0 aliphatic carbocycles. The van der Waals surface area contributed by atoms with Gasteiger partial charge in [-0.05, 0) is 44.4 Å². The largest absolute Gasteiger partial charge is 0.418 e. The first-order chi connectivity index (χ1) is 14.7. The van der Waals surface area contributed by atoms with Gasteiger partial charge < -0.3 is 16.1 Å². The van der Waals surface area contributed by atoms with Crippen molar-refractivity contribution in [2.45, 2.75) is 52.4 Å². The molecule has 0 saturated carbocycles. The minimum absolute atomic E-state index is 0.0462. The van der Waals surface area contributed by atoms with E-state index in [1.54, 1.807) is 12.3 Å². The van der Waals surface area contributed by atoms with Crippen LogP contribution < -0.4 is 21.6 Å². The molecule has 6 nitrogen and oxygen atoms in total. The molecule has 1 aliphatic heterocycles. The molecule has 0 aromatic heterocycles. The van der Waals surface area contributed by atoms with E-state index in [2.05, 4.69) is 40.1 Å². The Balaban J connectivity index is 1.87. The maximum Gasteiger partial charge on any atom is 0.418 e. The van der Waals surface area contributed by atoms with E-state index in [-0.39, 0.29) is 17.7 Å². The van der Waals surface area contributed by atoms with Crippen molar-refractivity contribution in [3.8, 4) is 0 Å². The lowest BCUT2D eigenvalue weighted by molar-refractivity contribution is -0.136. The summed E-state index contributed by atoms with van der Waals surface area (Å²) in [5, 5.41) is 7.58. The number of hydrogen-bond acceptors (Lipinski definition) is 6. The number of unbranched alkanes of at least 4 members (excludes halogenated alkanes) is 1. The van der Waals surface area contributed by atoms with Gasteiger partial charge in [-0.3, -0.25) is 10.0 Å². The van der Waals surface area contributed by atoms with Crippen LogP contribution in [0.3, 0.4) is 0 Å². The highest BCUT2D eigenvalue weighted by molar-refractivity contribution is 5.79. The minimum atomic E-state index is -4.44. The summed E-state index contributed by atoms with van der Waals surface area (Å²) in [6.07, 6.45) is 4.29. The molecule has 2 rings (SSSR count). The Hall–Kier alpha value is -2.94. The third-order valence-corrected chi connectivity index (χ3v) is 4.69. The summed E-state index contributed by atoms with van der Waals surface area (Å²) in [7, 11) is 0. The molecule has 0 radical (unpaired) electrons. The number of hydrogen-bond donors (Lipinski definition) is 4. The van der Waals surface area contributed by atoms with Crippen LogP contribution in [0.5, 0.6) is 0 Å². The van der Waals surface area contributed by atoms with Crippen LogP contribution in [-0.4, -0.2) is 23.9 Å². The second-order valence-electron chi connectivity index (χ2n) is 7.18. The number of hydrazine groups is 2. The van der Waals surface area contributed by atoms with E-state index < -0.39 is 11.7 Å². The van der Waals surface area contributed by atoms with E-state index >= 15 is 0 Å². The van der Waals surface area contributed by atoms with Crippen LogP contribution in [0.25, 0.3) is 0 Å². The number of para-hydroxylation sites is 1. The van der Waals surface area contributed by atoms with Crippen molar-refractivity contribution in [3.63, 3.8) is 0 Å². The van der Waals surface area contributed by atoms with E-state index in [9.17, 15) is 13.2 Å². The molecule has 1 aromatic rings.